The van der Waals surface area contributed by atoms with Crippen LogP contribution in [0.4, 0.5) is 0 Å². The molecule has 78 valence electrons. The van der Waals surface area contributed by atoms with Crippen molar-refractivity contribution in [3.05, 3.63) is 0 Å². The van der Waals surface area contributed by atoms with Crippen LogP contribution in [0.1, 0.15) is 26.7 Å². The molecule has 0 atom stereocenters. The second-order valence-electron chi connectivity index (χ2n) is 3.86. The van der Waals surface area contributed by atoms with Crippen molar-refractivity contribution >= 4 is 17.7 Å². The predicted octanol–water partition coefficient (Wildman–Crippen LogP) is 0.983. The van der Waals surface area contributed by atoms with Crippen LogP contribution in [0, 0.1) is 0 Å². The number of nitrogens with two attached hydrogens (primary N) is 1. The summed E-state index contributed by atoms with van der Waals surface area (Å²) in [5.74, 6) is 1.15. The van der Waals surface area contributed by atoms with Gasteiger partial charge in [-0.05, 0) is 32.3 Å². The Morgan fingerprint density at radius 3 is 2.62 bits per heavy atom. The molecule has 0 aliphatic heterocycles. The molecule has 1 amide bonds. The Kier molecular flexibility index (Phi) is 6.16. The Morgan fingerprint density at radius 2 is 2.15 bits per heavy atom. The van der Waals surface area contributed by atoms with Gasteiger partial charge in [-0.25, -0.2) is 0 Å². The minimum Gasteiger partial charge on any atom is -0.354 e. The third kappa shape index (κ3) is 9.70. The average Bonchev–Trinajstić information content (AvgIpc) is 2.00. The molecule has 0 fully saturated rings. The second kappa shape index (κ2) is 6.27. The SMILES string of the molecule is CSCCCC(=O)NCC(C)(C)N. The molecule has 0 aromatic carbocycles. The smallest absolute Gasteiger partial charge is 0.220 e. The highest BCUT2D eigenvalue weighted by Crippen LogP contribution is 1.99. The van der Waals surface area contributed by atoms with Crippen LogP contribution in [0.25, 0.3) is 0 Å². The number of carbonyl (C=O) groups excluding carboxylic acids is 1. The lowest BCUT2D eigenvalue weighted by Crippen LogP contribution is -2.45. The molecule has 0 radical (unpaired) electrons. The fourth-order valence-electron chi connectivity index (χ4n) is 0.792. The van der Waals surface area contributed by atoms with E-state index in [9.17, 15) is 4.79 Å². The molecule has 4 heteroatoms. The number of rotatable bonds is 6. The van der Waals surface area contributed by atoms with Gasteiger partial charge in [0.2, 0.25) is 5.91 Å². The molecule has 0 aliphatic carbocycles. The highest BCUT2D eigenvalue weighted by Gasteiger charge is 2.11. The van der Waals surface area contributed by atoms with Gasteiger partial charge in [-0.1, -0.05) is 0 Å². The van der Waals surface area contributed by atoms with Crippen molar-refractivity contribution in [1.29, 1.82) is 0 Å². The predicted molar refractivity (Wildman–Crippen MR) is 58.9 cm³/mol. The van der Waals surface area contributed by atoms with Gasteiger partial charge in [0.1, 0.15) is 0 Å². The summed E-state index contributed by atoms with van der Waals surface area (Å²) >= 11 is 1.76. The zero-order valence-corrected chi connectivity index (χ0v) is 9.54. The molecule has 0 rings (SSSR count). The second-order valence-corrected chi connectivity index (χ2v) is 4.85. The Bertz CT molecular complexity index is 154. The van der Waals surface area contributed by atoms with E-state index in [1.807, 2.05) is 20.1 Å². The summed E-state index contributed by atoms with van der Waals surface area (Å²) in [4.78, 5) is 11.2. The molecular weight excluding hydrogens is 184 g/mol. The molecule has 0 unspecified atom stereocenters. The summed E-state index contributed by atoms with van der Waals surface area (Å²) < 4.78 is 0. The summed E-state index contributed by atoms with van der Waals surface area (Å²) in [7, 11) is 0. The first-order chi connectivity index (χ1) is 5.95. The largest absolute Gasteiger partial charge is 0.354 e. The Labute approximate surface area is 84.8 Å². The highest BCUT2D eigenvalue weighted by atomic mass is 32.2. The van der Waals surface area contributed by atoms with Gasteiger partial charge in [0.15, 0.2) is 0 Å². The van der Waals surface area contributed by atoms with Crippen molar-refractivity contribution in [3.8, 4) is 0 Å². The molecule has 0 aliphatic rings. The monoisotopic (exact) mass is 204 g/mol. The minimum atomic E-state index is -0.310. The van der Waals surface area contributed by atoms with Gasteiger partial charge in [0.05, 0.1) is 0 Å². The van der Waals surface area contributed by atoms with Crippen LogP contribution in [-0.4, -0.2) is 30.0 Å². The summed E-state index contributed by atoms with van der Waals surface area (Å²) in [5, 5.41) is 2.81. The fourth-order valence-corrected chi connectivity index (χ4v) is 1.22. The molecule has 0 aromatic heterocycles. The number of amides is 1. The van der Waals surface area contributed by atoms with Crippen molar-refractivity contribution in [2.75, 3.05) is 18.6 Å². The molecular formula is C9H20N2OS. The third-order valence-electron chi connectivity index (χ3n) is 1.49. The third-order valence-corrected chi connectivity index (χ3v) is 2.19. The Balaban J connectivity index is 3.41. The first-order valence-electron chi connectivity index (χ1n) is 4.50. The number of hydrogen-bond donors (Lipinski definition) is 2. The average molecular weight is 204 g/mol. The number of hydrogen-bond acceptors (Lipinski definition) is 3. The normalized spacial score (nSPS) is 11.4. The molecule has 13 heavy (non-hydrogen) atoms. The summed E-state index contributed by atoms with van der Waals surface area (Å²) in [6, 6.07) is 0. The maximum absolute atomic E-state index is 11.2. The van der Waals surface area contributed by atoms with Crippen LogP contribution in [0.5, 0.6) is 0 Å². The summed E-state index contributed by atoms with van der Waals surface area (Å²) in [6.07, 6.45) is 3.59. The maximum atomic E-state index is 11.2. The quantitative estimate of drug-likeness (QED) is 0.634. The van der Waals surface area contributed by atoms with Crippen molar-refractivity contribution in [3.63, 3.8) is 0 Å². The number of nitrogens with one attached hydrogen (secondary N) is 1. The first-order valence-corrected chi connectivity index (χ1v) is 5.89. The van der Waals surface area contributed by atoms with E-state index in [2.05, 4.69) is 5.32 Å². The zero-order chi connectivity index (χ0) is 10.3. The van der Waals surface area contributed by atoms with Crippen molar-refractivity contribution in [2.45, 2.75) is 32.2 Å². The minimum absolute atomic E-state index is 0.104. The molecule has 0 heterocycles. The van der Waals surface area contributed by atoms with E-state index in [4.69, 9.17) is 5.73 Å². The lowest BCUT2D eigenvalue weighted by atomic mass is 10.1. The summed E-state index contributed by atoms with van der Waals surface area (Å²) in [5.41, 5.74) is 5.41. The van der Waals surface area contributed by atoms with E-state index < -0.39 is 0 Å². The van der Waals surface area contributed by atoms with Crippen molar-refractivity contribution in [2.24, 2.45) is 5.73 Å². The first kappa shape index (κ1) is 12.8. The van der Waals surface area contributed by atoms with Crippen LogP contribution < -0.4 is 11.1 Å². The van der Waals surface area contributed by atoms with Gasteiger partial charge in [-0.15, -0.1) is 0 Å². The molecule has 3 N–H and O–H groups in total. The van der Waals surface area contributed by atoms with E-state index in [1.54, 1.807) is 11.8 Å². The van der Waals surface area contributed by atoms with Gasteiger partial charge < -0.3 is 11.1 Å². The summed E-state index contributed by atoms with van der Waals surface area (Å²) in [6.45, 7) is 4.34. The molecule has 0 aromatic rings. The van der Waals surface area contributed by atoms with Crippen LogP contribution in [-0.2, 0) is 4.79 Å². The van der Waals surface area contributed by atoms with Crippen molar-refractivity contribution < 1.29 is 4.79 Å². The van der Waals surface area contributed by atoms with E-state index in [1.165, 1.54) is 0 Å². The highest BCUT2D eigenvalue weighted by molar-refractivity contribution is 7.98. The Hall–Kier alpha value is -0.220. The molecule has 0 spiro atoms. The Morgan fingerprint density at radius 1 is 1.54 bits per heavy atom. The standard InChI is InChI=1S/C9H20N2OS/c1-9(2,10)7-11-8(12)5-4-6-13-3/h4-7,10H2,1-3H3,(H,11,12). The van der Waals surface area contributed by atoms with Crippen LogP contribution in [0.15, 0.2) is 0 Å². The fraction of sp³-hybridized carbons (Fsp3) is 0.889. The maximum Gasteiger partial charge on any atom is 0.220 e. The molecule has 3 nitrogen and oxygen atoms in total. The van der Waals surface area contributed by atoms with Crippen LogP contribution in [0.2, 0.25) is 0 Å². The van der Waals surface area contributed by atoms with E-state index >= 15 is 0 Å². The van der Waals surface area contributed by atoms with Gasteiger partial charge in [-0.3, -0.25) is 4.79 Å². The van der Waals surface area contributed by atoms with Crippen molar-refractivity contribution in [1.82, 2.24) is 5.32 Å². The molecule has 0 bridgehead atoms. The lowest BCUT2D eigenvalue weighted by molar-refractivity contribution is -0.121. The van der Waals surface area contributed by atoms with Gasteiger partial charge >= 0.3 is 0 Å². The van der Waals surface area contributed by atoms with E-state index in [-0.39, 0.29) is 11.4 Å². The van der Waals surface area contributed by atoms with E-state index in [0.717, 1.165) is 12.2 Å². The van der Waals surface area contributed by atoms with E-state index in [0.29, 0.717) is 13.0 Å². The number of thioether (sulfide) groups is 1. The van der Waals surface area contributed by atoms with Gasteiger partial charge in [0, 0.05) is 18.5 Å². The lowest BCUT2D eigenvalue weighted by Gasteiger charge is -2.18. The van der Waals surface area contributed by atoms with Crippen LogP contribution >= 0.6 is 11.8 Å². The van der Waals surface area contributed by atoms with Gasteiger partial charge in [-0.2, -0.15) is 11.8 Å². The molecule has 0 saturated carbocycles. The van der Waals surface area contributed by atoms with Gasteiger partial charge in [0.25, 0.3) is 0 Å². The number of carbonyl (C=O) groups is 1. The zero-order valence-electron chi connectivity index (χ0n) is 8.72. The van der Waals surface area contributed by atoms with Crippen LogP contribution in [0.3, 0.4) is 0 Å². The topological polar surface area (TPSA) is 55.1 Å². The molecule has 0 saturated heterocycles.